The molecule has 1 aromatic carbocycles. The smallest absolute Gasteiger partial charge is 0.189 e. The highest BCUT2D eigenvalue weighted by molar-refractivity contribution is 5.44. The molecule has 1 saturated heterocycles. The van der Waals surface area contributed by atoms with E-state index in [0.717, 1.165) is 50.4 Å². The molecule has 7 nitrogen and oxygen atoms in total. The Bertz CT molecular complexity index is 748. The van der Waals surface area contributed by atoms with Crippen LogP contribution in [-0.4, -0.2) is 63.4 Å². The van der Waals surface area contributed by atoms with Crippen molar-refractivity contribution in [2.45, 2.75) is 11.8 Å². The van der Waals surface area contributed by atoms with Crippen LogP contribution in [0.1, 0.15) is 23.4 Å². The first kappa shape index (κ1) is 16.8. The van der Waals surface area contributed by atoms with Crippen LogP contribution in [0.2, 0.25) is 0 Å². The summed E-state index contributed by atoms with van der Waals surface area (Å²) in [5.74, 6) is 0.671. The van der Waals surface area contributed by atoms with Gasteiger partial charge in [0.05, 0.1) is 18.6 Å². The Labute approximate surface area is 152 Å². The van der Waals surface area contributed by atoms with Crippen LogP contribution in [0.25, 0.3) is 0 Å². The molecule has 1 aliphatic heterocycles. The molecule has 0 radical (unpaired) electrons. The van der Waals surface area contributed by atoms with Gasteiger partial charge in [0.1, 0.15) is 0 Å². The maximum absolute atomic E-state index is 5.48. The molecule has 1 aliphatic rings. The first-order valence-electron chi connectivity index (χ1n) is 8.90. The zero-order chi connectivity index (χ0) is 17.7. The lowest BCUT2D eigenvalue weighted by Gasteiger charge is -2.35. The zero-order valence-electron chi connectivity index (χ0n) is 14.6. The number of ether oxygens (including phenoxy) is 1. The van der Waals surface area contributed by atoms with Crippen LogP contribution >= 0.6 is 0 Å². The highest BCUT2D eigenvalue weighted by atomic mass is 16.5. The Morgan fingerprint density at radius 3 is 2.54 bits per heavy atom. The lowest BCUT2D eigenvalue weighted by atomic mass is 9.71. The lowest BCUT2D eigenvalue weighted by molar-refractivity contribution is 0.0357. The van der Waals surface area contributed by atoms with Crippen LogP contribution in [-0.2, 0) is 10.2 Å². The predicted molar refractivity (Wildman–Crippen MR) is 96.6 cm³/mol. The maximum Gasteiger partial charge on any atom is 0.189 e. The summed E-state index contributed by atoms with van der Waals surface area (Å²) in [5.41, 5.74) is 1.71. The average molecular weight is 350 g/mol. The number of nitrogens with zero attached hydrogens (tertiary/aromatic N) is 5. The van der Waals surface area contributed by atoms with Crippen molar-refractivity contribution < 1.29 is 4.74 Å². The number of morpholine rings is 1. The summed E-state index contributed by atoms with van der Waals surface area (Å²) in [5, 5.41) is 15.2. The van der Waals surface area contributed by atoms with E-state index >= 15 is 0 Å². The van der Waals surface area contributed by atoms with Crippen molar-refractivity contribution in [2.75, 3.05) is 32.8 Å². The molecule has 1 atom stereocenters. The number of hydrogen-bond donors (Lipinski definition) is 1. The molecule has 26 heavy (non-hydrogen) atoms. The topological polar surface area (TPSA) is 79.8 Å². The molecule has 0 saturated carbocycles. The Hall–Kier alpha value is -2.64. The van der Waals surface area contributed by atoms with Crippen molar-refractivity contribution >= 4 is 0 Å². The highest BCUT2D eigenvalue weighted by Crippen LogP contribution is 2.40. The van der Waals surface area contributed by atoms with Crippen molar-refractivity contribution in [3.05, 3.63) is 71.8 Å². The molecule has 3 heterocycles. The quantitative estimate of drug-likeness (QED) is 0.728. The Balaban J connectivity index is 1.78. The van der Waals surface area contributed by atoms with Crippen LogP contribution in [0, 0.1) is 0 Å². The summed E-state index contributed by atoms with van der Waals surface area (Å²) < 4.78 is 5.48. The Morgan fingerprint density at radius 1 is 1.04 bits per heavy atom. The molecule has 1 N–H and O–H groups in total. The molecule has 0 spiro atoms. The normalized spacial score (nSPS) is 17.7. The van der Waals surface area contributed by atoms with Crippen molar-refractivity contribution in [1.29, 1.82) is 0 Å². The van der Waals surface area contributed by atoms with Crippen LogP contribution in [0.3, 0.4) is 0 Å². The van der Waals surface area contributed by atoms with Gasteiger partial charge in [0.15, 0.2) is 5.82 Å². The molecule has 1 unspecified atom stereocenters. The minimum absolute atomic E-state index is 0.499. The zero-order valence-corrected chi connectivity index (χ0v) is 14.6. The second kappa shape index (κ2) is 7.72. The van der Waals surface area contributed by atoms with E-state index in [0.29, 0.717) is 5.82 Å². The maximum atomic E-state index is 5.48. The van der Waals surface area contributed by atoms with Crippen LogP contribution in [0.5, 0.6) is 0 Å². The monoisotopic (exact) mass is 350 g/mol. The van der Waals surface area contributed by atoms with Gasteiger partial charge in [-0.1, -0.05) is 41.6 Å². The van der Waals surface area contributed by atoms with Crippen LogP contribution < -0.4 is 0 Å². The SMILES string of the molecule is c1ccc(C(CCN2CCOCC2)(c2cccnc2)c2nn[nH]n2)cc1. The molecular formula is C19H22N6O. The molecule has 0 bridgehead atoms. The van der Waals surface area contributed by atoms with Crippen molar-refractivity contribution in [1.82, 2.24) is 30.5 Å². The van der Waals surface area contributed by atoms with E-state index in [1.54, 1.807) is 6.20 Å². The van der Waals surface area contributed by atoms with E-state index in [-0.39, 0.29) is 0 Å². The number of aromatic amines is 1. The van der Waals surface area contributed by atoms with Gasteiger partial charge in [0.2, 0.25) is 0 Å². The molecule has 3 aromatic rings. The fourth-order valence-corrected chi connectivity index (χ4v) is 3.66. The van der Waals surface area contributed by atoms with E-state index in [1.807, 2.05) is 18.3 Å². The Kier molecular flexibility index (Phi) is 4.99. The van der Waals surface area contributed by atoms with Crippen molar-refractivity contribution in [3.8, 4) is 0 Å². The van der Waals surface area contributed by atoms with Gasteiger partial charge in [0.25, 0.3) is 0 Å². The number of hydrogen-bond acceptors (Lipinski definition) is 6. The fraction of sp³-hybridized carbons (Fsp3) is 0.368. The third-order valence-electron chi connectivity index (χ3n) is 5.05. The highest BCUT2D eigenvalue weighted by Gasteiger charge is 2.40. The van der Waals surface area contributed by atoms with Crippen molar-refractivity contribution in [2.24, 2.45) is 0 Å². The molecule has 2 aromatic heterocycles. The minimum atomic E-state index is -0.499. The van der Waals surface area contributed by atoms with E-state index in [4.69, 9.17) is 4.74 Å². The summed E-state index contributed by atoms with van der Waals surface area (Å²) in [7, 11) is 0. The standard InChI is InChI=1S/C19H22N6O/c1-2-5-16(6-3-1)19(18-21-23-24-22-18,17-7-4-9-20-15-17)8-10-25-11-13-26-14-12-25/h1-7,9,15H,8,10-14H2,(H,21,22,23,24). The van der Waals surface area contributed by atoms with Gasteiger partial charge in [-0.05, 0) is 30.2 Å². The average Bonchev–Trinajstić information content (AvgIpc) is 3.26. The largest absolute Gasteiger partial charge is 0.379 e. The number of nitrogens with one attached hydrogen (secondary N) is 1. The van der Waals surface area contributed by atoms with Crippen LogP contribution in [0.15, 0.2) is 54.9 Å². The van der Waals surface area contributed by atoms with Crippen LogP contribution in [0.4, 0.5) is 0 Å². The van der Waals surface area contributed by atoms with E-state index in [1.165, 1.54) is 0 Å². The molecule has 134 valence electrons. The number of benzene rings is 1. The number of tetrazole rings is 1. The van der Waals surface area contributed by atoms with E-state index < -0.39 is 5.41 Å². The fourth-order valence-electron chi connectivity index (χ4n) is 3.66. The van der Waals surface area contributed by atoms with Crippen molar-refractivity contribution in [3.63, 3.8) is 0 Å². The Morgan fingerprint density at radius 2 is 1.85 bits per heavy atom. The summed E-state index contributed by atoms with van der Waals surface area (Å²) in [6.07, 6.45) is 4.53. The van der Waals surface area contributed by atoms with Gasteiger partial charge >= 0.3 is 0 Å². The number of H-pyrrole nitrogens is 1. The molecule has 4 rings (SSSR count). The van der Waals surface area contributed by atoms with Gasteiger partial charge in [0, 0.05) is 25.5 Å². The molecule has 1 fully saturated rings. The van der Waals surface area contributed by atoms with Gasteiger partial charge in [-0.2, -0.15) is 5.21 Å². The summed E-state index contributed by atoms with van der Waals surface area (Å²) in [6, 6.07) is 14.4. The molecule has 0 amide bonds. The number of aromatic nitrogens is 5. The van der Waals surface area contributed by atoms with E-state index in [9.17, 15) is 0 Å². The summed E-state index contributed by atoms with van der Waals surface area (Å²) in [4.78, 5) is 6.79. The first-order chi connectivity index (χ1) is 12.9. The number of rotatable bonds is 6. The summed E-state index contributed by atoms with van der Waals surface area (Å²) >= 11 is 0. The molecular weight excluding hydrogens is 328 g/mol. The molecule has 7 heteroatoms. The van der Waals surface area contributed by atoms with Gasteiger partial charge in [-0.15, -0.1) is 10.2 Å². The summed E-state index contributed by atoms with van der Waals surface area (Å²) in [6.45, 7) is 4.39. The minimum Gasteiger partial charge on any atom is -0.379 e. The second-order valence-electron chi connectivity index (χ2n) is 6.45. The third-order valence-corrected chi connectivity index (χ3v) is 5.05. The third kappa shape index (κ3) is 3.23. The molecule has 0 aliphatic carbocycles. The first-order valence-corrected chi connectivity index (χ1v) is 8.90. The van der Waals surface area contributed by atoms with Gasteiger partial charge in [-0.25, -0.2) is 0 Å². The van der Waals surface area contributed by atoms with Gasteiger partial charge in [-0.3, -0.25) is 9.88 Å². The lowest BCUT2D eigenvalue weighted by Crippen LogP contribution is -2.41. The predicted octanol–water partition coefficient (Wildman–Crippen LogP) is 1.65. The number of pyridine rings is 1. The second-order valence-corrected chi connectivity index (χ2v) is 6.45. The van der Waals surface area contributed by atoms with E-state index in [2.05, 4.69) is 60.8 Å². The van der Waals surface area contributed by atoms with Gasteiger partial charge < -0.3 is 4.74 Å².